The highest BCUT2D eigenvalue weighted by Gasteiger charge is 2.48. The van der Waals surface area contributed by atoms with Crippen molar-refractivity contribution in [3.8, 4) is 0 Å². The van der Waals surface area contributed by atoms with Gasteiger partial charge in [-0.3, -0.25) is 0 Å². The molecule has 0 aromatic carbocycles. The van der Waals surface area contributed by atoms with E-state index in [1.807, 2.05) is 0 Å². The quantitative estimate of drug-likeness (QED) is 0.441. The molecule has 0 saturated heterocycles. The van der Waals surface area contributed by atoms with Crippen molar-refractivity contribution in [2.45, 2.75) is 5.51 Å². The van der Waals surface area contributed by atoms with Crippen LogP contribution in [-0.2, 0) is 20.4 Å². The van der Waals surface area contributed by atoms with E-state index >= 15 is 0 Å². The Morgan fingerprint density at radius 2 is 1.18 bits per heavy atom. The smallest absolute Gasteiger partial charge is 0.333 e. The molecule has 0 amide bonds. The first-order chi connectivity index (χ1) is 6.96. The lowest BCUT2D eigenvalue weighted by molar-refractivity contribution is -0.849. The number of rotatable bonds is 2. The molecule has 0 aromatic heterocycles. The molecule has 0 heterocycles. The van der Waals surface area contributed by atoms with Gasteiger partial charge < -0.3 is 4.48 Å². The van der Waals surface area contributed by atoms with Gasteiger partial charge >= 0.3 is 25.9 Å². The fourth-order valence-electron chi connectivity index (χ4n) is 0.178. The number of alkyl halides is 3. The van der Waals surface area contributed by atoms with Gasteiger partial charge in [-0.1, -0.05) is 8.01 Å². The van der Waals surface area contributed by atoms with E-state index in [0.29, 0.717) is 0 Å². The summed E-state index contributed by atoms with van der Waals surface area (Å²) in [6, 6.07) is 0. The van der Waals surface area contributed by atoms with E-state index in [0.717, 1.165) is 4.48 Å². The highest BCUT2D eigenvalue weighted by Crippen LogP contribution is 2.22. The van der Waals surface area contributed by atoms with E-state index in [9.17, 15) is 33.9 Å². The molecule has 0 bridgehead atoms. The molecule has 0 aliphatic carbocycles. The van der Waals surface area contributed by atoms with Crippen molar-refractivity contribution < 1.29 is 38.4 Å². The van der Waals surface area contributed by atoms with Gasteiger partial charge in [0.2, 0.25) is 0 Å². The number of nitrogens with zero attached hydrogens (tertiary/aromatic N) is 1. The summed E-state index contributed by atoms with van der Waals surface area (Å²) >= 11 is 0. The maximum absolute atomic E-state index is 11.4. The van der Waals surface area contributed by atoms with Crippen LogP contribution in [0.2, 0.25) is 0 Å². The van der Waals surface area contributed by atoms with Crippen LogP contribution in [0.25, 0.3) is 0 Å². The number of halogens is 4. The predicted molar refractivity (Wildman–Crippen MR) is 52.1 cm³/mol. The van der Waals surface area contributed by atoms with E-state index in [1.54, 1.807) is 0 Å². The van der Waals surface area contributed by atoms with Crippen LogP contribution in [0.1, 0.15) is 0 Å². The zero-order chi connectivity index (χ0) is 14.7. The second kappa shape index (κ2) is 5.46. The molecule has 0 saturated carbocycles. The highest BCUT2D eigenvalue weighted by molar-refractivity contribution is 8.03. The summed E-state index contributed by atoms with van der Waals surface area (Å²) in [5.74, 6) is 0. The zero-order valence-electron chi connectivity index (χ0n) is 9.41. The summed E-state index contributed by atoms with van der Waals surface area (Å²) in [5.41, 5.74) is -5.86. The zero-order valence-corrected chi connectivity index (χ0v) is 11.0. The molecule has 0 aliphatic heterocycles. The van der Waals surface area contributed by atoms with Crippen LogP contribution in [0.5, 0.6) is 0 Å². The number of sulfonamides is 1. The van der Waals surface area contributed by atoms with Crippen molar-refractivity contribution in [3.05, 3.63) is 0 Å². The van der Waals surface area contributed by atoms with Crippen LogP contribution in [0.4, 0.5) is 17.1 Å². The predicted octanol–water partition coefficient (Wildman–Crippen LogP) is -0.0377. The maximum Gasteiger partial charge on any atom is 0.512 e. The Morgan fingerprint density at radius 1 is 0.941 bits per heavy atom. The van der Waals surface area contributed by atoms with Crippen LogP contribution in [0.15, 0.2) is 0 Å². The molecule has 6 nitrogen and oxygen atoms in total. The molecule has 0 rings (SSSR count). The summed E-state index contributed by atoms with van der Waals surface area (Å²) in [4.78, 5) is 0. The number of nitrogens with one attached hydrogen (secondary N) is 1. The average molecular weight is 305 g/mol. The fraction of sp³-hybridized carbons (Fsp3) is 1.00. The van der Waals surface area contributed by atoms with E-state index in [-0.39, 0.29) is 4.13 Å². The first-order valence-corrected chi connectivity index (χ1v) is 6.66. The minimum absolute atomic E-state index is 0.212. The molecule has 12 heteroatoms. The van der Waals surface area contributed by atoms with E-state index in [4.69, 9.17) is 0 Å². The van der Waals surface area contributed by atoms with Gasteiger partial charge in [-0.05, 0) is 0 Å². The van der Waals surface area contributed by atoms with Crippen LogP contribution < -0.4 is 4.13 Å². The Kier molecular flexibility index (Phi) is 6.06. The van der Waals surface area contributed by atoms with Crippen molar-refractivity contribution in [2.75, 3.05) is 28.2 Å². The third-order valence-electron chi connectivity index (χ3n) is 0.514. The molecule has 0 radical (unpaired) electrons. The molecule has 1 N–H and O–H groups in total. The van der Waals surface area contributed by atoms with Crippen molar-refractivity contribution in [3.63, 3.8) is 0 Å². The van der Waals surface area contributed by atoms with Crippen molar-refractivity contribution in [1.29, 1.82) is 0 Å². The third-order valence-corrected chi connectivity index (χ3v) is 2.80. The Labute approximate surface area is 97.2 Å². The van der Waals surface area contributed by atoms with Crippen LogP contribution in [-0.4, -0.2) is 55.0 Å². The molecular weight excluding hydrogens is 292 g/mol. The Bertz CT molecular complexity index is 428. The number of hydrogen-bond donors (Lipinski definition) is 1. The Morgan fingerprint density at radius 3 is 1.24 bits per heavy atom. The minimum Gasteiger partial charge on any atom is -0.333 e. The third kappa shape index (κ3) is 13.5. The van der Waals surface area contributed by atoms with Gasteiger partial charge in [0.05, 0.1) is 28.2 Å². The Hall–Kier alpha value is -0.460. The SMILES string of the molecule is C[N+](C)(C)C.O=S(=O)(F)NS(=O)(=O)C(F)(F)F. The van der Waals surface area contributed by atoms with Crippen LogP contribution in [0, 0.1) is 0 Å². The molecule has 0 aromatic rings. The summed E-state index contributed by atoms with van der Waals surface area (Å²) in [7, 11) is -3.59. The van der Waals surface area contributed by atoms with Gasteiger partial charge in [-0.15, -0.1) is 0 Å². The molecule has 106 valence electrons. The van der Waals surface area contributed by atoms with Gasteiger partial charge in [-0.2, -0.15) is 21.6 Å². The van der Waals surface area contributed by atoms with Gasteiger partial charge in [-0.25, -0.2) is 8.42 Å². The van der Waals surface area contributed by atoms with Gasteiger partial charge in [0.25, 0.3) is 0 Å². The summed E-state index contributed by atoms with van der Waals surface area (Å²) in [5, 5.41) is 0. The molecule has 0 atom stereocenters. The first-order valence-electron chi connectivity index (χ1n) is 3.79. The topological polar surface area (TPSA) is 80.3 Å². The van der Waals surface area contributed by atoms with E-state index in [1.165, 1.54) is 0 Å². The molecule has 0 unspecified atom stereocenters. The molecule has 0 aliphatic rings. The normalized spacial score (nSPS) is 13.9. The second-order valence-electron chi connectivity index (χ2n) is 4.15. The largest absolute Gasteiger partial charge is 0.512 e. The van der Waals surface area contributed by atoms with E-state index in [2.05, 4.69) is 28.2 Å². The molecular formula is C5H13F4N2O4S2+. The summed E-state index contributed by atoms with van der Waals surface area (Å²) < 4.78 is 84.5. The fourth-order valence-corrected chi connectivity index (χ4v) is 1.60. The standard InChI is InChI=1S/C4H12N.CHF4NO4S2/c1-5(2,3)4;2-1(3,4)11(7,8)6-12(5,9)10/h1-4H3;6H/q+1;. The lowest BCUT2D eigenvalue weighted by Crippen LogP contribution is -2.38. The summed E-state index contributed by atoms with van der Waals surface area (Å²) in [6.07, 6.45) is 0. The lowest BCUT2D eigenvalue weighted by Gasteiger charge is -2.14. The second-order valence-corrected chi connectivity index (χ2v) is 7.17. The molecule has 0 spiro atoms. The number of hydrogen-bond acceptors (Lipinski definition) is 4. The number of quaternary nitrogens is 1. The monoisotopic (exact) mass is 305 g/mol. The average Bonchev–Trinajstić information content (AvgIpc) is 1.71. The van der Waals surface area contributed by atoms with Crippen LogP contribution >= 0.6 is 0 Å². The van der Waals surface area contributed by atoms with Crippen LogP contribution in [0.3, 0.4) is 0 Å². The minimum atomic E-state index is -6.17. The van der Waals surface area contributed by atoms with E-state index < -0.39 is 25.9 Å². The van der Waals surface area contributed by atoms with Gasteiger partial charge in [0, 0.05) is 0 Å². The highest BCUT2D eigenvalue weighted by atomic mass is 32.3. The van der Waals surface area contributed by atoms with Gasteiger partial charge in [0.1, 0.15) is 0 Å². The lowest BCUT2D eigenvalue weighted by atomic mass is 10.8. The molecule has 17 heavy (non-hydrogen) atoms. The summed E-state index contributed by atoms with van der Waals surface area (Å²) in [6.45, 7) is 0. The maximum atomic E-state index is 11.4. The Balaban J connectivity index is 0. The molecule has 0 fully saturated rings. The van der Waals surface area contributed by atoms with Crippen molar-refractivity contribution in [2.24, 2.45) is 0 Å². The van der Waals surface area contributed by atoms with Crippen molar-refractivity contribution in [1.82, 2.24) is 4.13 Å². The van der Waals surface area contributed by atoms with Crippen molar-refractivity contribution >= 4 is 20.4 Å². The van der Waals surface area contributed by atoms with Gasteiger partial charge in [0.15, 0.2) is 0 Å². The first kappa shape index (κ1) is 18.9.